The Balaban J connectivity index is 1.74. The lowest BCUT2D eigenvalue weighted by molar-refractivity contribution is -0.384. The quantitative estimate of drug-likeness (QED) is 0.0871. The van der Waals surface area contributed by atoms with E-state index in [1.165, 1.54) is 29.2 Å². The van der Waals surface area contributed by atoms with E-state index in [9.17, 15) is 28.7 Å². The number of rotatable bonds is 12. The standard InChI is InChI=1S/C34H45N3O8SSi/c1-10-35(11-2)31(38)25-14-12-13-15-26(25)46(43)30-21(3)28-27(22(4)45-47(8,9)34(5,6)7)32(39)36(28)29(30)33(40)44-20-23-16-18-24(19-17-23)37(41)42/h12-19,21-22,27-28H,10-11,20H2,1-9H3/t21-,22-,27-,28-,46?/m1/s1. The van der Waals surface area contributed by atoms with Gasteiger partial charge in [-0.3, -0.25) is 19.7 Å². The molecule has 2 aliphatic rings. The van der Waals surface area contributed by atoms with Crippen molar-refractivity contribution in [3.05, 3.63) is 80.4 Å². The van der Waals surface area contributed by atoms with E-state index >= 15 is 0 Å². The highest BCUT2D eigenvalue weighted by Gasteiger charge is 2.62. The number of amides is 2. The predicted octanol–water partition coefficient (Wildman–Crippen LogP) is 6.03. The molecule has 2 amide bonds. The Morgan fingerprint density at radius 2 is 1.68 bits per heavy atom. The Kier molecular flexibility index (Phi) is 10.6. The summed E-state index contributed by atoms with van der Waals surface area (Å²) in [6, 6.07) is 11.7. The van der Waals surface area contributed by atoms with Crippen LogP contribution in [0.15, 0.2) is 64.0 Å². The van der Waals surface area contributed by atoms with Gasteiger partial charge in [0.2, 0.25) is 5.91 Å². The van der Waals surface area contributed by atoms with E-state index < -0.39 is 54.0 Å². The van der Waals surface area contributed by atoms with Crippen LogP contribution in [-0.2, 0) is 36.2 Å². The highest BCUT2D eigenvalue weighted by atomic mass is 32.2. The Labute approximate surface area is 280 Å². The van der Waals surface area contributed by atoms with Crippen molar-refractivity contribution in [3.8, 4) is 0 Å². The predicted molar refractivity (Wildman–Crippen MR) is 181 cm³/mol. The minimum atomic E-state index is -2.26. The minimum Gasteiger partial charge on any atom is -0.456 e. The maximum atomic E-state index is 14.6. The molecule has 2 aromatic rings. The molecule has 0 spiro atoms. The van der Waals surface area contributed by atoms with Crippen LogP contribution in [-0.4, -0.2) is 70.3 Å². The van der Waals surface area contributed by atoms with E-state index in [1.54, 1.807) is 29.2 Å². The second-order valence-electron chi connectivity index (χ2n) is 13.6. The molecule has 0 bridgehead atoms. The third-order valence-electron chi connectivity index (χ3n) is 9.66. The van der Waals surface area contributed by atoms with Crippen LogP contribution < -0.4 is 0 Å². The summed E-state index contributed by atoms with van der Waals surface area (Å²) in [4.78, 5) is 55.3. The van der Waals surface area contributed by atoms with Gasteiger partial charge < -0.3 is 19.0 Å². The number of nitro benzene ring substituents is 1. The maximum Gasteiger partial charge on any atom is 0.356 e. The van der Waals surface area contributed by atoms with Crippen LogP contribution in [0, 0.1) is 22.0 Å². The van der Waals surface area contributed by atoms with Crippen molar-refractivity contribution in [1.82, 2.24) is 9.80 Å². The number of nitrogens with zero attached hydrogens (tertiary/aromatic N) is 3. The molecule has 2 heterocycles. The van der Waals surface area contributed by atoms with Crippen LogP contribution in [0.3, 0.4) is 0 Å². The summed E-state index contributed by atoms with van der Waals surface area (Å²) in [6.45, 7) is 18.8. The van der Waals surface area contributed by atoms with Gasteiger partial charge in [0.05, 0.1) is 49.2 Å². The molecular formula is C34H45N3O8SSi. The minimum absolute atomic E-state index is 0.0892. The van der Waals surface area contributed by atoms with Gasteiger partial charge in [-0.2, -0.15) is 0 Å². The van der Waals surface area contributed by atoms with Gasteiger partial charge in [0, 0.05) is 31.1 Å². The number of carbonyl (C=O) groups is 3. The Morgan fingerprint density at radius 1 is 1.09 bits per heavy atom. The van der Waals surface area contributed by atoms with Crippen molar-refractivity contribution in [3.63, 3.8) is 0 Å². The molecular weight excluding hydrogens is 639 g/mol. The molecule has 13 heteroatoms. The second kappa shape index (κ2) is 13.8. The molecule has 0 aliphatic carbocycles. The number of esters is 1. The van der Waals surface area contributed by atoms with Crippen LogP contribution in [0.4, 0.5) is 5.69 Å². The van der Waals surface area contributed by atoms with Crippen molar-refractivity contribution in [2.75, 3.05) is 13.1 Å². The summed E-state index contributed by atoms with van der Waals surface area (Å²) in [5.41, 5.74) is 0.583. The molecule has 254 valence electrons. The molecule has 1 saturated heterocycles. The zero-order chi connectivity index (χ0) is 35.0. The van der Waals surface area contributed by atoms with E-state index in [1.807, 2.05) is 27.7 Å². The molecule has 4 rings (SSSR count). The number of ether oxygens (including phenoxy) is 1. The van der Waals surface area contributed by atoms with Crippen LogP contribution in [0.1, 0.15) is 64.4 Å². The lowest BCUT2D eigenvalue weighted by Gasteiger charge is -2.50. The van der Waals surface area contributed by atoms with Gasteiger partial charge >= 0.3 is 5.97 Å². The van der Waals surface area contributed by atoms with Crippen molar-refractivity contribution in [2.45, 2.75) is 90.2 Å². The number of fused-ring (bicyclic) bond motifs is 1. The van der Waals surface area contributed by atoms with E-state index in [-0.39, 0.29) is 50.2 Å². The second-order valence-corrected chi connectivity index (χ2v) is 19.7. The Bertz CT molecular complexity index is 1610. The van der Waals surface area contributed by atoms with E-state index in [0.717, 1.165) is 0 Å². The zero-order valence-electron chi connectivity index (χ0n) is 28.6. The lowest BCUT2D eigenvalue weighted by Crippen LogP contribution is -2.65. The van der Waals surface area contributed by atoms with Gasteiger partial charge in [0.1, 0.15) is 12.3 Å². The molecule has 0 radical (unpaired) electrons. The van der Waals surface area contributed by atoms with E-state index in [0.29, 0.717) is 18.7 Å². The topological polar surface area (TPSA) is 136 Å². The summed E-state index contributed by atoms with van der Waals surface area (Å²) in [5, 5.41) is 11.0. The van der Waals surface area contributed by atoms with Gasteiger partial charge in [0.15, 0.2) is 8.32 Å². The number of non-ortho nitro benzene ring substituents is 1. The number of hydrogen-bond acceptors (Lipinski definition) is 8. The molecule has 2 aliphatic heterocycles. The molecule has 1 fully saturated rings. The monoisotopic (exact) mass is 683 g/mol. The SMILES string of the molecule is CCN(CC)C(=O)c1ccccc1S(=O)C1=C(C(=O)OCc2ccc([N+](=O)[O-])cc2)N2C(=O)[C@H]([C@@H](C)O[Si](C)(C)C(C)(C)C)[C@H]2[C@H]1C. The largest absolute Gasteiger partial charge is 0.456 e. The summed E-state index contributed by atoms with van der Waals surface area (Å²) in [7, 11) is -4.25. The summed E-state index contributed by atoms with van der Waals surface area (Å²) >= 11 is 0. The van der Waals surface area contributed by atoms with Gasteiger partial charge in [-0.15, -0.1) is 0 Å². The number of nitro groups is 1. The van der Waals surface area contributed by atoms with Crippen molar-refractivity contribution < 1.29 is 32.7 Å². The number of hydrogen-bond donors (Lipinski definition) is 0. The van der Waals surface area contributed by atoms with Crippen molar-refractivity contribution in [1.29, 1.82) is 0 Å². The van der Waals surface area contributed by atoms with Gasteiger partial charge in [-0.25, -0.2) is 9.00 Å². The first kappa shape index (κ1) is 36.2. The summed E-state index contributed by atoms with van der Waals surface area (Å²) in [6.07, 6.45) is -0.450. The average molecular weight is 684 g/mol. The summed E-state index contributed by atoms with van der Waals surface area (Å²) < 4.78 is 26.9. The zero-order valence-corrected chi connectivity index (χ0v) is 30.4. The van der Waals surface area contributed by atoms with E-state index in [4.69, 9.17) is 9.16 Å². The molecule has 2 aromatic carbocycles. The fraction of sp³-hybridized carbons (Fsp3) is 0.500. The van der Waals surface area contributed by atoms with Gasteiger partial charge in [-0.05, 0) is 68.7 Å². The van der Waals surface area contributed by atoms with E-state index in [2.05, 4.69) is 33.9 Å². The number of benzene rings is 2. The van der Waals surface area contributed by atoms with Crippen molar-refractivity contribution in [2.24, 2.45) is 11.8 Å². The molecule has 0 saturated carbocycles. The molecule has 0 N–H and O–H groups in total. The van der Waals surface area contributed by atoms with Crippen LogP contribution >= 0.6 is 0 Å². The normalized spacial score (nSPS) is 20.7. The molecule has 5 atom stereocenters. The molecule has 0 aromatic heterocycles. The third kappa shape index (κ3) is 6.84. The first-order chi connectivity index (χ1) is 22.0. The Morgan fingerprint density at radius 3 is 2.23 bits per heavy atom. The van der Waals surface area contributed by atoms with Crippen LogP contribution in [0.25, 0.3) is 0 Å². The molecule has 11 nitrogen and oxygen atoms in total. The van der Waals surface area contributed by atoms with Crippen molar-refractivity contribution >= 4 is 42.6 Å². The van der Waals surface area contributed by atoms with Gasteiger partial charge in [0.25, 0.3) is 11.6 Å². The first-order valence-electron chi connectivity index (χ1n) is 15.9. The number of carbonyl (C=O) groups excluding carboxylic acids is 3. The number of β-lactam (4-membered cyclic amide) rings is 1. The molecule has 1 unspecified atom stereocenters. The fourth-order valence-corrected chi connectivity index (χ4v) is 9.06. The highest BCUT2D eigenvalue weighted by molar-refractivity contribution is 7.89. The average Bonchev–Trinajstić information content (AvgIpc) is 3.27. The Hall–Kier alpha value is -3.68. The molecule has 47 heavy (non-hydrogen) atoms. The highest BCUT2D eigenvalue weighted by Crippen LogP contribution is 2.51. The lowest BCUT2D eigenvalue weighted by atomic mass is 9.79. The van der Waals surface area contributed by atoms with Crippen LogP contribution in [0.5, 0.6) is 0 Å². The summed E-state index contributed by atoms with van der Waals surface area (Å²) in [5.74, 6) is -2.50. The smallest absolute Gasteiger partial charge is 0.356 e. The fourth-order valence-electron chi connectivity index (χ4n) is 6.00. The maximum absolute atomic E-state index is 14.6. The van der Waals surface area contributed by atoms with Crippen LogP contribution in [0.2, 0.25) is 18.1 Å². The third-order valence-corrected chi connectivity index (χ3v) is 16.0. The first-order valence-corrected chi connectivity index (χ1v) is 20.0. The van der Waals surface area contributed by atoms with Gasteiger partial charge in [-0.1, -0.05) is 39.8 Å².